The highest BCUT2D eigenvalue weighted by Crippen LogP contribution is 2.08. The quantitative estimate of drug-likeness (QED) is 0.732. The van der Waals surface area contributed by atoms with Crippen LogP contribution in [0, 0.1) is 5.82 Å². The molecule has 0 atom stereocenters. The zero-order chi connectivity index (χ0) is 10.4. The highest BCUT2D eigenvalue weighted by atomic mass is 19.1. The fraction of sp³-hybridized carbons (Fsp3) is 0.364. The molecule has 0 unspecified atom stereocenters. The van der Waals surface area contributed by atoms with Gasteiger partial charge in [0.15, 0.2) is 0 Å². The number of hydrogen-bond acceptors (Lipinski definition) is 2. The number of anilines is 1. The third-order valence-electron chi connectivity index (χ3n) is 1.86. The van der Waals surface area contributed by atoms with Crippen molar-refractivity contribution in [2.45, 2.75) is 19.8 Å². The Bertz CT molecular complexity index is 312. The molecule has 0 saturated carbocycles. The first-order chi connectivity index (χ1) is 6.68. The summed E-state index contributed by atoms with van der Waals surface area (Å²) in [7, 11) is 0. The first kappa shape index (κ1) is 10.7. The van der Waals surface area contributed by atoms with Gasteiger partial charge in [-0.15, -0.1) is 0 Å². The summed E-state index contributed by atoms with van der Waals surface area (Å²) in [6.45, 7) is 2.27. The van der Waals surface area contributed by atoms with Crippen LogP contribution in [0.1, 0.15) is 19.8 Å². The highest BCUT2D eigenvalue weighted by Gasteiger charge is 1.95. The van der Waals surface area contributed by atoms with E-state index in [1.807, 2.05) is 0 Å². The Labute approximate surface area is 83.1 Å². The smallest absolute Gasteiger partial charge is 0.129 e. The van der Waals surface area contributed by atoms with Gasteiger partial charge >= 0.3 is 0 Å². The number of rotatable bonds is 5. The number of halogens is 1. The standard InChI is InChI=1S/C11H14FNO/c1-9(14)4-3-7-13-11-6-2-5-10(12)8-11/h2,5-6,8,13H,3-4,7H2,1H3. The normalized spacial score (nSPS) is 9.86. The van der Waals surface area contributed by atoms with Crippen molar-refractivity contribution in [1.29, 1.82) is 0 Å². The number of hydrogen-bond donors (Lipinski definition) is 1. The summed E-state index contributed by atoms with van der Waals surface area (Å²) in [5.41, 5.74) is 0.758. The van der Waals surface area contributed by atoms with Gasteiger partial charge in [0.1, 0.15) is 11.6 Å². The van der Waals surface area contributed by atoms with E-state index < -0.39 is 0 Å². The van der Waals surface area contributed by atoms with E-state index in [1.165, 1.54) is 12.1 Å². The highest BCUT2D eigenvalue weighted by molar-refractivity contribution is 5.75. The average Bonchev–Trinajstić information content (AvgIpc) is 2.12. The Morgan fingerprint density at radius 3 is 2.93 bits per heavy atom. The summed E-state index contributed by atoms with van der Waals surface area (Å²) in [6, 6.07) is 6.30. The molecule has 76 valence electrons. The van der Waals surface area contributed by atoms with Gasteiger partial charge < -0.3 is 10.1 Å². The van der Waals surface area contributed by atoms with E-state index in [9.17, 15) is 9.18 Å². The van der Waals surface area contributed by atoms with Gasteiger partial charge in [0, 0.05) is 18.7 Å². The molecule has 2 nitrogen and oxygen atoms in total. The fourth-order valence-corrected chi connectivity index (χ4v) is 1.17. The number of Topliss-reactive ketones (excluding diaryl/α,β-unsaturated/α-hetero) is 1. The van der Waals surface area contributed by atoms with Crippen LogP contribution in [0.25, 0.3) is 0 Å². The van der Waals surface area contributed by atoms with Gasteiger partial charge in [-0.05, 0) is 31.5 Å². The summed E-state index contributed by atoms with van der Waals surface area (Å²) < 4.78 is 12.7. The van der Waals surface area contributed by atoms with Crippen LogP contribution in [0.3, 0.4) is 0 Å². The van der Waals surface area contributed by atoms with Crippen LogP contribution in [-0.4, -0.2) is 12.3 Å². The maximum absolute atomic E-state index is 12.7. The molecule has 0 amide bonds. The first-order valence-corrected chi connectivity index (χ1v) is 4.67. The van der Waals surface area contributed by atoms with Gasteiger partial charge in [-0.25, -0.2) is 4.39 Å². The lowest BCUT2D eigenvalue weighted by molar-refractivity contribution is -0.117. The second kappa shape index (κ2) is 5.37. The number of carbonyl (C=O) groups excluding carboxylic acids is 1. The van der Waals surface area contributed by atoms with Crippen LogP contribution < -0.4 is 5.32 Å². The predicted octanol–water partition coefficient (Wildman–Crippen LogP) is 2.61. The van der Waals surface area contributed by atoms with Crippen molar-refractivity contribution in [3.63, 3.8) is 0 Å². The maximum atomic E-state index is 12.7. The predicted molar refractivity (Wildman–Crippen MR) is 54.8 cm³/mol. The van der Waals surface area contributed by atoms with Crippen molar-refractivity contribution < 1.29 is 9.18 Å². The molecule has 0 bridgehead atoms. The molecule has 14 heavy (non-hydrogen) atoms. The summed E-state index contributed by atoms with van der Waals surface area (Å²) in [4.78, 5) is 10.6. The summed E-state index contributed by atoms with van der Waals surface area (Å²) in [5, 5.41) is 3.05. The van der Waals surface area contributed by atoms with Crippen molar-refractivity contribution in [2.24, 2.45) is 0 Å². The minimum atomic E-state index is -0.249. The molecule has 3 heteroatoms. The summed E-state index contributed by atoms with van der Waals surface area (Å²) >= 11 is 0. The van der Waals surface area contributed by atoms with Crippen molar-refractivity contribution in [3.05, 3.63) is 30.1 Å². The minimum absolute atomic E-state index is 0.186. The lowest BCUT2D eigenvalue weighted by Crippen LogP contribution is -2.03. The molecule has 0 fully saturated rings. The van der Waals surface area contributed by atoms with Crippen LogP contribution in [0.2, 0.25) is 0 Å². The van der Waals surface area contributed by atoms with Gasteiger partial charge in [-0.1, -0.05) is 6.07 Å². The molecule has 1 rings (SSSR count). The van der Waals surface area contributed by atoms with E-state index in [4.69, 9.17) is 0 Å². The molecule has 1 aromatic carbocycles. The lowest BCUT2D eigenvalue weighted by Gasteiger charge is -2.04. The second-order valence-corrected chi connectivity index (χ2v) is 3.24. The van der Waals surface area contributed by atoms with Crippen LogP contribution in [0.15, 0.2) is 24.3 Å². The van der Waals surface area contributed by atoms with E-state index in [2.05, 4.69) is 5.32 Å². The van der Waals surface area contributed by atoms with Crippen LogP contribution in [0.5, 0.6) is 0 Å². The Balaban J connectivity index is 2.28. The molecule has 0 radical (unpaired) electrons. The molecule has 0 aliphatic heterocycles. The Hall–Kier alpha value is -1.38. The van der Waals surface area contributed by atoms with E-state index >= 15 is 0 Å². The molecular formula is C11H14FNO. The molecule has 0 saturated heterocycles. The Kier molecular flexibility index (Phi) is 4.11. The van der Waals surface area contributed by atoms with E-state index in [0.717, 1.165) is 12.1 Å². The summed E-state index contributed by atoms with van der Waals surface area (Å²) in [5.74, 6) is -0.0624. The molecular weight excluding hydrogens is 181 g/mol. The van der Waals surface area contributed by atoms with Crippen molar-refractivity contribution in [3.8, 4) is 0 Å². The van der Waals surface area contributed by atoms with Crippen molar-refractivity contribution in [2.75, 3.05) is 11.9 Å². The average molecular weight is 195 g/mol. The first-order valence-electron chi connectivity index (χ1n) is 4.67. The van der Waals surface area contributed by atoms with E-state index in [1.54, 1.807) is 19.1 Å². The van der Waals surface area contributed by atoms with Crippen LogP contribution in [0.4, 0.5) is 10.1 Å². The fourth-order valence-electron chi connectivity index (χ4n) is 1.17. The number of nitrogens with one attached hydrogen (secondary N) is 1. The molecule has 0 heterocycles. The van der Waals surface area contributed by atoms with Crippen molar-refractivity contribution >= 4 is 11.5 Å². The van der Waals surface area contributed by atoms with Gasteiger partial charge in [0.2, 0.25) is 0 Å². The monoisotopic (exact) mass is 195 g/mol. The maximum Gasteiger partial charge on any atom is 0.129 e. The van der Waals surface area contributed by atoms with Gasteiger partial charge in [-0.2, -0.15) is 0 Å². The molecule has 1 N–H and O–H groups in total. The topological polar surface area (TPSA) is 29.1 Å². The zero-order valence-electron chi connectivity index (χ0n) is 8.22. The molecule has 0 spiro atoms. The number of carbonyl (C=O) groups is 1. The van der Waals surface area contributed by atoms with Crippen LogP contribution >= 0.6 is 0 Å². The SMILES string of the molecule is CC(=O)CCCNc1cccc(F)c1. The molecule has 0 aliphatic rings. The Morgan fingerprint density at radius 1 is 1.50 bits per heavy atom. The minimum Gasteiger partial charge on any atom is -0.385 e. The van der Waals surface area contributed by atoms with E-state index in [0.29, 0.717) is 13.0 Å². The lowest BCUT2D eigenvalue weighted by atomic mass is 10.2. The molecule has 0 aromatic heterocycles. The number of benzene rings is 1. The third kappa shape index (κ3) is 4.03. The zero-order valence-corrected chi connectivity index (χ0v) is 8.22. The third-order valence-corrected chi connectivity index (χ3v) is 1.86. The largest absolute Gasteiger partial charge is 0.385 e. The summed E-state index contributed by atoms with van der Waals surface area (Å²) in [6.07, 6.45) is 1.36. The van der Waals surface area contributed by atoms with Gasteiger partial charge in [-0.3, -0.25) is 0 Å². The molecule has 0 aliphatic carbocycles. The second-order valence-electron chi connectivity index (χ2n) is 3.24. The van der Waals surface area contributed by atoms with Crippen LogP contribution in [-0.2, 0) is 4.79 Å². The molecule has 1 aromatic rings. The number of ketones is 1. The van der Waals surface area contributed by atoms with Crippen molar-refractivity contribution in [1.82, 2.24) is 0 Å². The van der Waals surface area contributed by atoms with Gasteiger partial charge in [0.05, 0.1) is 0 Å². The van der Waals surface area contributed by atoms with Gasteiger partial charge in [0.25, 0.3) is 0 Å². The Morgan fingerprint density at radius 2 is 2.29 bits per heavy atom. The van der Waals surface area contributed by atoms with E-state index in [-0.39, 0.29) is 11.6 Å².